The van der Waals surface area contributed by atoms with Crippen molar-refractivity contribution in [1.29, 1.82) is 0 Å². The van der Waals surface area contributed by atoms with Gasteiger partial charge in [0.05, 0.1) is 23.4 Å². The van der Waals surface area contributed by atoms with Gasteiger partial charge in [-0.3, -0.25) is 9.78 Å². The number of fused-ring (bicyclic) bond motifs is 1. The van der Waals surface area contributed by atoms with E-state index in [0.717, 1.165) is 12.3 Å². The minimum Gasteiger partial charge on any atom is -0.478 e. The van der Waals surface area contributed by atoms with E-state index in [-0.39, 0.29) is 40.1 Å². The summed E-state index contributed by atoms with van der Waals surface area (Å²) in [5, 5.41) is 11.4. The first kappa shape index (κ1) is 17.5. The average Bonchev–Trinajstić information content (AvgIpc) is 3.01. The number of pyridine rings is 1. The van der Waals surface area contributed by atoms with Crippen molar-refractivity contribution in [3.63, 3.8) is 0 Å². The first-order valence-electron chi connectivity index (χ1n) is 7.30. The molecule has 0 aliphatic rings. The number of carbonyl (C=O) groups excluding carboxylic acids is 1. The smallest absolute Gasteiger partial charge is 0.420 e. The number of carbonyl (C=O) groups is 2. The van der Waals surface area contributed by atoms with Crippen LogP contribution in [0.5, 0.6) is 0 Å². The number of rotatable bonds is 5. The Kier molecular flexibility index (Phi) is 4.37. The van der Waals surface area contributed by atoms with E-state index in [9.17, 15) is 22.8 Å². The van der Waals surface area contributed by atoms with Crippen LogP contribution in [0.3, 0.4) is 0 Å². The Morgan fingerprint density at radius 1 is 1.27 bits per heavy atom. The number of benzene rings is 1. The van der Waals surface area contributed by atoms with Crippen LogP contribution in [0.1, 0.15) is 21.7 Å². The number of carboxylic acids is 1. The van der Waals surface area contributed by atoms with Gasteiger partial charge in [-0.15, -0.1) is 0 Å². The maximum Gasteiger partial charge on any atom is 0.420 e. The molecule has 0 radical (unpaired) electrons. The van der Waals surface area contributed by atoms with Gasteiger partial charge in [-0.25, -0.2) is 4.79 Å². The Bertz CT molecular complexity index is 978. The van der Waals surface area contributed by atoms with E-state index in [1.807, 2.05) is 0 Å². The molecule has 0 atom stereocenters. The van der Waals surface area contributed by atoms with E-state index in [1.54, 1.807) is 0 Å². The Morgan fingerprint density at radius 3 is 2.62 bits per heavy atom. The molecule has 1 amide bonds. The molecule has 0 fully saturated rings. The number of aromatic nitrogens is 1. The highest BCUT2D eigenvalue weighted by Crippen LogP contribution is 2.39. The van der Waals surface area contributed by atoms with Gasteiger partial charge in [0.25, 0.3) is 0 Å². The summed E-state index contributed by atoms with van der Waals surface area (Å²) >= 11 is 0. The summed E-state index contributed by atoms with van der Waals surface area (Å²) in [5.74, 6) is -1.01. The molecule has 3 aromatic rings. The van der Waals surface area contributed by atoms with Crippen molar-refractivity contribution in [2.45, 2.75) is 12.7 Å². The quantitative estimate of drug-likeness (QED) is 0.677. The number of nitrogens with zero attached hydrogens (tertiary/aromatic N) is 1. The monoisotopic (exact) mass is 364 g/mol. The number of halogens is 3. The molecular formula is C17H11F3N2O4. The van der Waals surface area contributed by atoms with E-state index in [0.29, 0.717) is 6.41 Å². The molecule has 0 aliphatic carbocycles. The topological polar surface area (TPSA) is 92.4 Å². The number of amides is 1. The van der Waals surface area contributed by atoms with Crippen LogP contribution < -0.4 is 5.32 Å². The van der Waals surface area contributed by atoms with E-state index >= 15 is 0 Å². The first-order valence-corrected chi connectivity index (χ1v) is 7.30. The Morgan fingerprint density at radius 2 is 2.04 bits per heavy atom. The molecule has 2 aromatic heterocycles. The van der Waals surface area contributed by atoms with Crippen molar-refractivity contribution in [2.75, 3.05) is 0 Å². The van der Waals surface area contributed by atoms with E-state index in [2.05, 4.69) is 10.3 Å². The lowest BCUT2D eigenvalue weighted by atomic mass is 10.0. The van der Waals surface area contributed by atoms with Gasteiger partial charge in [0.15, 0.2) is 0 Å². The molecule has 0 aliphatic heterocycles. The van der Waals surface area contributed by atoms with Crippen LogP contribution in [0.15, 0.2) is 40.9 Å². The van der Waals surface area contributed by atoms with Crippen LogP contribution in [0.25, 0.3) is 22.2 Å². The Hall–Kier alpha value is -3.36. The van der Waals surface area contributed by atoms with Gasteiger partial charge in [0.2, 0.25) is 6.41 Å². The number of alkyl halides is 3. The number of nitrogens with one attached hydrogen (secondary N) is 1. The fourth-order valence-corrected chi connectivity index (χ4v) is 2.49. The summed E-state index contributed by atoms with van der Waals surface area (Å²) in [5.41, 5.74) is -1.04. The van der Waals surface area contributed by atoms with Crippen LogP contribution in [0.4, 0.5) is 13.2 Å². The van der Waals surface area contributed by atoms with Gasteiger partial charge in [0, 0.05) is 17.1 Å². The molecule has 9 heteroatoms. The highest BCUT2D eigenvalue weighted by atomic mass is 19.4. The SMILES string of the molecule is O=CNCc1cc2cc(-c3ccc(C(=O)O)cn3)cc(C(F)(F)F)c2o1. The van der Waals surface area contributed by atoms with Crippen LogP contribution >= 0.6 is 0 Å². The number of hydrogen-bond acceptors (Lipinski definition) is 4. The normalized spacial score (nSPS) is 11.5. The van der Waals surface area contributed by atoms with Crippen molar-refractivity contribution >= 4 is 23.3 Å². The third-order valence-electron chi connectivity index (χ3n) is 3.64. The minimum atomic E-state index is -4.66. The predicted molar refractivity (Wildman–Crippen MR) is 84.3 cm³/mol. The molecule has 1 aromatic carbocycles. The molecule has 0 unspecified atom stereocenters. The molecule has 0 spiro atoms. The largest absolute Gasteiger partial charge is 0.478 e. The van der Waals surface area contributed by atoms with Crippen molar-refractivity contribution in [2.24, 2.45) is 0 Å². The second-order valence-electron chi connectivity index (χ2n) is 5.39. The lowest BCUT2D eigenvalue weighted by molar-refractivity contribution is -0.136. The lowest BCUT2D eigenvalue weighted by Gasteiger charge is -2.10. The molecule has 6 nitrogen and oxygen atoms in total. The molecule has 3 rings (SSSR count). The molecule has 2 N–H and O–H groups in total. The van der Waals surface area contributed by atoms with Gasteiger partial charge < -0.3 is 14.8 Å². The predicted octanol–water partition coefficient (Wildman–Crippen LogP) is 3.46. The van der Waals surface area contributed by atoms with Gasteiger partial charge in [-0.2, -0.15) is 13.2 Å². The molecular weight excluding hydrogens is 353 g/mol. The number of hydrogen-bond donors (Lipinski definition) is 2. The Balaban J connectivity index is 2.13. The number of furan rings is 1. The molecule has 2 heterocycles. The first-order chi connectivity index (χ1) is 12.3. The fraction of sp³-hybridized carbons (Fsp3) is 0.118. The minimum absolute atomic E-state index is 0.0453. The van der Waals surface area contributed by atoms with Crippen LogP contribution in [-0.2, 0) is 17.5 Å². The number of aromatic carboxylic acids is 1. The van der Waals surface area contributed by atoms with Gasteiger partial charge in [0.1, 0.15) is 11.3 Å². The maximum absolute atomic E-state index is 13.4. The van der Waals surface area contributed by atoms with Crippen LogP contribution in [0.2, 0.25) is 0 Å². The summed E-state index contributed by atoms with van der Waals surface area (Å²) in [4.78, 5) is 25.1. The third-order valence-corrected chi connectivity index (χ3v) is 3.64. The molecule has 26 heavy (non-hydrogen) atoms. The second kappa shape index (κ2) is 6.51. The fourth-order valence-electron chi connectivity index (χ4n) is 2.49. The van der Waals surface area contributed by atoms with Gasteiger partial charge >= 0.3 is 12.1 Å². The van der Waals surface area contributed by atoms with Crippen LogP contribution in [0, 0.1) is 0 Å². The van der Waals surface area contributed by atoms with Gasteiger partial charge in [-0.1, -0.05) is 0 Å². The van der Waals surface area contributed by atoms with Crippen LogP contribution in [-0.4, -0.2) is 22.5 Å². The highest BCUT2D eigenvalue weighted by molar-refractivity contribution is 5.89. The molecule has 134 valence electrons. The van der Waals surface area contributed by atoms with E-state index in [1.165, 1.54) is 24.3 Å². The lowest BCUT2D eigenvalue weighted by Crippen LogP contribution is -2.08. The standard InChI is InChI=1S/C17H11F3N2O4/c18-17(19,20)13-5-10(14-2-1-9(6-22-14)16(24)25)3-11-4-12(7-21-8-23)26-15(11)13/h1-6,8H,7H2,(H,21,23)(H,24,25). The van der Waals surface area contributed by atoms with Crippen molar-refractivity contribution in [3.8, 4) is 11.3 Å². The Labute approximate surface area is 144 Å². The van der Waals surface area contributed by atoms with Crippen molar-refractivity contribution in [3.05, 3.63) is 53.4 Å². The zero-order valence-electron chi connectivity index (χ0n) is 13.0. The molecule has 0 saturated heterocycles. The average molecular weight is 364 g/mol. The van der Waals surface area contributed by atoms with Crippen molar-refractivity contribution in [1.82, 2.24) is 10.3 Å². The third kappa shape index (κ3) is 3.37. The molecule has 0 saturated carbocycles. The maximum atomic E-state index is 13.4. The summed E-state index contributed by atoms with van der Waals surface area (Å²) in [7, 11) is 0. The zero-order chi connectivity index (χ0) is 18.9. The summed E-state index contributed by atoms with van der Waals surface area (Å²) in [6.07, 6.45) is -3.18. The summed E-state index contributed by atoms with van der Waals surface area (Å²) < 4.78 is 45.5. The summed E-state index contributed by atoms with van der Waals surface area (Å²) in [6, 6.07) is 6.35. The van der Waals surface area contributed by atoms with E-state index < -0.39 is 17.7 Å². The zero-order valence-corrected chi connectivity index (χ0v) is 13.0. The molecule has 0 bridgehead atoms. The van der Waals surface area contributed by atoms with E-state index in [4.69, 9.17) is 9.52 Å². The second-order valence-corrected chi connectivity index (χ2v) is 5.39. The van der Waals surface area contributed by atoms with Crippen molar-refractivity contribution < 1.29 is 32.3 Å². The number of carboxylic acid groups (broad SMARTS) is 1. The highest BCUT2D eigenvalue weighted by Gasteiger charge is 2.35. The van der Waals surface area contributed by atoms with Gasteiger partial charge in [-0.05, 0) is 30.3 Å². The summed E-state index contributed by atoms with van der Waals surface area (Å²) in [6.45, 7) is -0.0453.